The molecule has 31 heavy (non-hydrogen) atoms. The zero-order valence-corrected chi connectivity index (χ0v) is 18.0. The largest absolute Gasteiger partial charge is 0.478 e. The highest BCUT2D eigenvalue weighted by molar-refractivity contribution is 5.85. The predicted molar refractivity (Wildman–Crippen MR) is 121 cm³/mol. The van der Waals surface area contributed by atoms with E-state index in [2.05, 4.69) is 0 Å². The summed E-state index contributed by atoms with van der Waals surface area (Å²) in [6.07, 6.45) is 0.924. The number of fused-ring (bicyclic) bond motifs is 1. The van der Waals surface area contributed by atoms with Crippen molar-refractivity contribution < 1.29 is 24.9 Å². The Labute approximate surface area is 182 Å². The number of benzene rings is 3. The highest BCUT2D eigenvalue weighted by atomic mass is 16.5. The molecule has 5 heteroatoms. The summed E-state index contributed by atoms with van der Waals surface area (Å²) in [7, 11) is 0. The topological polar surface area (TPSA) is 87.0 Å². The number of aliphatic carboxylic acids is 1. The van der Waals surface area contributed by atoms with Gasteiger partial charge in [-0.15, -0.1) is 0 Å². The first kappa shape index (κ1) is 22.8. The van der Waals surface area contributed by atoms with E-state index >= 15 is 0 Å². The molecule has 3 aromatic carbocycles. The molecule has 3 aromatic rings. The third-order valence-corrected chi connectivity index (χ3v) is 5.40. The van der Waals surface area contributed by atoms with Gasteiger partial charge < -0.3 is 20.1 Å². The average Bonchev–Trinajstić information content (AvgIpc) is 2.77. The van der Waals surface area contributed by atoms with E-state index in [4.69, 9.17) is 4.74 Å². The fraction of sp³-hybridized carbons (Fsp3) is 0.346. The van der Waals surface area contributed by atoms with Crippen molar-refractivity contribution in [1.82, 2.24) is 0 Å². The molecular weight excluding hydrogens is 392 g/mol. The number of aryl methyl sites for hydroxylation is 2. The maximum absolute atomic E-state index is 12.2. The van der Waals surface area contributed by atoms with Crippen molar-refractivity contribution in [2.75, 3.05) is 6.61 Å². The van der Waals surface area contributed by atoms with Gasteiger partial charge in [-0.2, -0.15) is 0 Å². The normalized spacial score (nSPS) is 13.2. The Morgan fingerprint density at radius 2 is 1.52 bits per heavy atom. The molecule has 0 amide bonds. The standard InChI is InChI=1S/C26H30O5/c1-3-7-19-14-22(23(28)16-27)15-20(8-4-2)24(19)31-25(26(29)30)21-12-11-17-9-5-6-10-18(17)13-21/h5-6,9-15,23,25,27-28H,3-4,7-8,16H2,1-2H3,(H,29,30). The number of aliphatic hydroxyl groups is 2. The minimum absolute atomic E-state index is 0.369. The molecule has 0 aromatic heterocycles. The summed E-state index contributed by atoms with van der Waals surface area (Å²) in [5.41, 5.74) is 2.90. The van der Waals surface area contributed by atoms with Crippen molar-refractivity contribution in [3.05, 3.63) is 76.9 Å². The van der Waals surface area contributed by atoms with E-state index in [9.17, 15) is 20.1 Å². The van der Waals surface area contributed by atoms with Crippen LogP contribution >= 0.6 is 0 Å². The minimum Gasteiger partial charge on any atom is -0.478 e. The third-order valence-electron chi connectivity index (χ3n) is 5.40. The molecule has 3 rings (SSSR count). The molecule has 5 nitrogen and oxygen atoms in total. The number of carboxylic acid groups (broad SMARTS) is 1. The molecule has 2 unspecified atom stereocenters. The van der Waals surface area contributed by atoms with Gasteiger partial charge in [-0.3, -0.25) is 0 Å². The average molecular weight is 423 g/mol. The fourth-order valence-electron chi connectivity index (χ4n) is 3.89. The molecule has 0 aliphatic carbocycles. The summed E-state index contributed by atoms with van der Waals surface area (Å²) in [6, 6.07) is 17.0. The SMILES string of the molecule is CCCc1cc(C(O)CO)cc(CCC)c1OC(C(=O)O)c1ccc2ccccc2c1. The summed E-state index contributed by atoms with van der Waals surface area (Å²) in [5.74, 6) is -0.488. The second-order valence-corrected chi connectivity index (χ2v) is 7.81. The van der Waals surface area contributed by atoms with Crippen molar-refractivity contribution >= 4 is 16.7 Å². The fourth-order valence-corrected chi connectivity index (χ4v) is 3.89. The lowest BCUT2D eigenvalue weighted by atomic mass is 9.95. The van der Waals surface area contributed by atoms with Crippen LogP contribution < -0.4 is 4.74 Å². The quantitative estimate of drug-likeness (QED) is 0.429. The minimum atomic E-state index is -1.15. The molecule has 0 spiro atoms. The summed E-state index contributed by atoms with van der Waals surface area (Å²) in [6.45, 7) is 3.71. The van der Waals surface area contributed by atoms with Crippen LogP contribution in [0.1, 0.15) is 61.2 Å². The Morgan fingerprint density at radius 1 is 0.903 bits per heavy atom. The number of ether oxygens (including phenoxy) is 1. The number of carbonyl (C=O) groups is 1. The lowest BCUT2D eigenvalue weighted by molar-refractivity contribution is -0.145. The van der Waals surface area contributed by atoms with Gasteiger partial charge in [0.15, 0.2) is 0 Å². The summed E-state index contributed by atoms with van der Waals surface area (Å²) in [5, 5.41) is 31.5. The lowest BCUT2D eigenvalue weighted by Gasteiger charge is -2.23. The second-order valence-electron chi connectivity index (χ2n) is 7.81. The van der Waals surface area contributed by atoms with Crippen LogP contribution in [-0.4, -0.2) is 27.9 Å². The molecule has 0 fully saturated rings. The Morgan fingerprint density at radius 3 is 2.06 bits per heavy atom. The van der Waals surface area contributed by atoms with Crippen LogP contribution in [-0.2, 0) is 17.6 Å². The van der Waals surface area contributed by atoms with Gasteiger partial charge in [-0.05, 0) is 58.5 Å². The van der Waals surface area contributed by atoms with E-state index in [1.165, 1.54) is 0 Å². The van der Waals surface area contributed by atoms with E-state index in [0.29, 0.717) is 29.7 Å². The van der Waals surface area contributed by atoms with Crippen molar-refractivity contribution in [2.45, 2.75) is 51.7 Å². The molecule has 0 aliphatic heterocycles. The molecule has 0 saturated heterocycles. The van der Waals surface area contributed by atoms with Crippen molar-refractivity contribution in [2.24, 2.45) is 0 Å². The van der Waals surface area contributed by atoms with Crippen molar-refractivity contribution in [3.63, 3.8) is 0 Å². The lowest BCUT2D eigenvalue weighted by Crippen LogP contribution is -2.20. The predicted octanol–water partition coefficient (Wildman–Crippen LogP) is 4.98. The number of aliphatic hydroxyl groups excluding tert-OH is 2. The molecule has 0 saturated carbocycles. The first-order valence-electron chi connectivity index (χ1n) is 10.8. The molecule has 0 radical (unpaired) electrons. The van der Waals surface area contributed by atoms with Gasteiger partial charge in [0.25, 0.3) is 0 Å². The Bertz CT molecular complexity index is 1020. The maximum Gasteiger partial charge on any atom is 0.349 e. The monoisotopic (exact) mass is 422 g/mol. The Kier molecular flexibility index (Phi) is 7.66. The van der Waals surface area contributed by atoms with Gasteiger partial charge in [0.05, 0.1) is 6.61 Å². The van der Waals surface area contributed by atoms with Crippen molar-refractivity contribution in [3.8, 4) is 5.75 Å². The van der Waals surface area contributed by atoms with Crippen LogP contribution in [0, 0.1) is 0 Å². The highest BCUT2D eigenvalue weighted by Crippen LogP contribution is 2.35. The van der Waals surface area contributed by atoms with Crippen molar-refractivity contribution in [1.29, 1.82) is 0 Å². The van der Waals surface area contributed by atoms with Gasteiger partial charge in [-0.1, -0.05) is 63.1 Å². The molecule has 0 heterocycles. The van der Waals surface area contributed by atoms with E-state index < -0.39 is 18.2 Å². The third kappa shape index (κ3) is 5.24. The van der Waals surface area contributed by atoms with Gasteiger partial charge in [0.1, 0.15) is 11.9 Å². The molecule has 0 bridgehead atoms. The van der Waals surface area contributed by atoms with Gasteiger partial charge in [-0.25, -0.2) is 4.79 Å². The zero-order chi connectivity index (χ0) is 22.4. The molecule has 164 valence electrons. The number of hydrogen-bond donors (Lipinski definition) is 3. The van der Waals surface area contributed by atoms with Crippen LogP contribution in [0.25, 0.3) is 10.8 Å². The molecule has 0 aliphatic rings. The van der Waals surface area contributed by atoms with E-state index in [0.717, 1.165) is 34.7 Å². The van der Waals surface area contributed by atoms with Crippen LogP contribution in [0.5, 0.6) is 5.75 Å². The summed E-state index contributed by atoms with van der Waals surface area (Å²) >= 11 is 0. The van der Waals surface area contributed by atoms with E-state index in [1.807, 2.05) is 62.4 Å². The van der Waals surface area contributed by atoms with Gasteiger partial charge in [0.2, 0.25) is 6.10 Å². The second kappa shape index (κ2) is 10.4. The van der Waals surface area contributed by atoms with Crippen LogP contribution in [0.3, 0.4) is 0 Å². The van der Waals surface area contributed by atoms with E-state index in [-0.39, 0.29) is 6.61 Å². The summed E-state index contributed by atoms with van der Waals surface area (Å²) < 4.78 is 6.20. The first-order valence-corrected chi connectivity index (χ1v) is 10.8. The smallest absolute Gasteiger partial charge is 0.349 e. The van der Waals surface area contributed by atoms with Crippen LogP contribution in [0.15, 0.2) is 54.6 Å². The molecular formula is C26H30O5. The molecule has 2 atom stereocenters. The van der Waals surface area contributed by atoms with Gasteiger partial charge >= 0.3 is 5.97 Å². The Hall–Kier alpha value is -2.89. The van der Waals surface area contributed by atoms with Crippen LogP contribution in [0.2, 0.25) is 0 Å². The number of hydrogen-bond acceptors (Lipinski definition) is 4. The Balaban J connectivity index is 2.08. The zero-order valence-electron chi connectivity index (χ0n) is 18.0. The summed E-state index contributed by atoms with van der Waals surface area (Å²) in [4.78, 5) is 12.2. The van der Waals surface area contributed by atoms with E-state index in [1.54, 1.807) is 6.07 Å². The number of rotatable bonds is 10. The first-order chi connectivity index (χ1) is 15.0. The maximum atomic E-state index is 12.2. The van der Waals surface area contributed by atoms with Crippen LogP contribution in [0.4, 0.5) is 0 Å². The number of carboxylic acids is 1. The highest BCUT2D eigenvalue weighted by Gasteiger charge is 2.25. The molecule has 3 N–H and O–H groups in total. The van der Waals surface area contributed by atoms with Gasteiger partial charge in [0, 0.05) is 5.56 Å².